The highest BCUT2D eigenvalue weighted by atomic mass is 32.2. The molecule has 0 atom stereocenters. The number of hydrogen-bond acceptors (Lipinski definition) is 4. The monoisotopic (exact) mass is 295 g/mol. The summed E-state index contributed by atoms with van der Waals surface area (Å²) in [7, 11) is -3.86. The maximum absolute atomic E-state index is 12.3. The number of aromatic amines is 1. The van der Waals surface area contributed by atoms with Crippen LogP contribution in [-0.4, -0.2) is 29.7 Å². The molecule has 1 aromatic heterocycles. The van der Waals surface area contributed by atoms with Crippen LogP contribution in [0.15, 0.2) is 29.4 Å². The van der Waals surface area contributed by atoms with Gasteiger partial charge in [-0.1, -0.05) is 6.07 Å². The van der Waals surface area contributed by atoms with Gasteiger partial charge in [0, 0.05) is 6.20 Å². The van der Waals surface area contributed by atoms with Crippen LogP contribution in [0.4, 0.5) is 5.69 Å². The molecule has 1 heterocycles. The van der Waals surface area contributed by atoms with E-state index in [1.165, 1.54) is 18.5 Å². The fraction of sp³-hybridized carbons (Fsp3) is 0.167. The standard InChI is InChI=1S/C12H13N3O4S/c1-7-3-8(2)11(4-10(7)12(16)17)20(18,19)15-9-5-13-14-6-9/h3-6,15H,1-2H3,(H,13,14)(H,16,17). The lowest BCUT2D eigenvalue weighted by Crippen LogP contribution is -2.15. The predicted molar refractivity (Wildman–Crippen MR) is 72.3 cm³/mol. The molecule has 20 heavy (non-hydrogen) atoms. The number of carboxylic acids is 1. The van der Waals surface area contributed by atoms with Gasteiger partial charge in [-0.3, -0.25) is 9.82 Å². The highest BCUT2D eigenvalue weighted by Crippen LogP contribution is 2.22. The van der Waals surface area contributed by atoms with E-state index < -0.39 is 16.0 Å². The summed E-state index contributed by atoms with van der Waals surface area (Å²) in [4.78, 5) is 11.0. The third kappa shape index (κ3) is 2.64. The molecule has 3 N–H and O–H groups in total. The van der Waals surface area contributed by atoms with Crippen molar-refractivity contribution in [3.8, 4) is 0 Å². The zero-order chi connectivity index (χ0) is 14.9. The van der Waals surface area contributed by atoms with Gasteiger partial charge in [0.15, 0.2) is 0 Å². The van der Waals surface area contributed by atoms with Crippen LogP contribution in [0.25, 0.3) is 0 Å². The Bertz CT molecular complexity index is 751. The number of nitrogens with one attached hydrogen (secondary N) is 2. The number of aryl methyl sites for hydroxylation is 2. The van der Waals surface area contributed by atoms with Crippen LogP contribution in [-0.2, 0) is 10.0 Å². The number of sulfonamides is 1. The Morgan fingerprint density at radius 1 is 1.30 bits per heavy atom. The lowest BCUT2D eigenvalue weighted by molar-refractivity contribution is 0.0696. The molecule has 0 saturated carbocycles. The summed E-state index contributed by atoms with van der Waals surface area (Å²) < 4.78 is 26.8. The number of rotatable bonds is 4. The smallest absolute Gasteiger partial charge is 0.335 e. The number of aromatic nitrogens is 2. The second-order valence-electron chi connectivity index (χ2n) is 4.33. The number of carboxylic acid groups (broad SMARTS) is 1. The molecule has 0 aliphatic carbocycles. The van der Waals surface area contributed by atoms with Crippen LogP contribution >= 0.6 is 0 Å². The summed E-state index contributed by atoms with van der Waals surface area (Å²) in [5.74, 6) is -1.16. The summed E-state index contributed by atoms with van der Waals surface area (Å²) in [6.45, 7) is 3.24. The Labute approximate surface area is 115 Å². The predicted octanol–water partition coefficient (Wildman–Crippen LogP) is 1.53. The zero-order valence-corrected chi connectivity index (χ0v) is 11.7. The van der Waals surface area contributed by atoms with E-state index in [-0.39, 0.29) is 16.1 Å². The minimum atomic E-state index is -3.86. The van der Waals surface area contributed by atoms with Gasteiger partial charge in [0.25, 0.3) is 10.0 Å². The van der Waals surface area contributed by atoms with Gasteiger partial charge in [0.2, 0.25) is 0 Å². The second-order valence-corrected chi connectivity index (χ2v) is 5.98. The molecule has 0 radical (unpaired) electrons. The molecule has 2 aromatic rings. The molecule has 0 aliphatic heterocycles. The molecular weight excluding hydrogens is 282 g/mol. The molecule has 0 spiro atoms. The third-order valence-corrected chi connectivity index (χ3v) is 4.32. The van der Waals surface area contributed by atoms with Gasteiger partial charge in [-0.05, 0) is 31.0 Å². The number of carbonyl (C=O) groups is 1. The number of benzene rings is 1. The lowest BCUT2D eigenvalue weighted by atomic mass is 10.1. The molecule has 7 nitrogen and oxygen atoms in total. The van der Waals surface area contributed by atoms with Crippen molar-refractivity contribution in [2.24, 2.45) is 0 Å². The van der Waals surface area contributed by atoms with Crippen molar-refractivity contribution in [2.75, 3.05) is 4.72 Å². The van der Waals surface area contributed by atoms with Crippen LogP contribution < -0.4 is 4.72 Å². The molecule has 2 rings (SSSR count). The molecular formula is C12H13N3O4S. The number of hydrogen-bond donors (Lipinski definition) is 3. The molecule has 0 bridgehead atoms. The number of anilines is 1. The molecule has 0 amide bonds. The highest BCUT2D eigenvalue weighted by Gasteiger charge is 2.21. The van der Waals surface area contributed by atoms with Crippen molar-refractivity contribution in [1.29, 1.82) is 0 Å². The lowest BCUT2D eigenvalue weighted by Gasteiger charge is -2.11. The van der Waals surface area contributed by atoms with Crippen molar-refractivity contribution in [3.05, 3.63) is 41.2 Å². The molecule has 0 aliphatic rings. The number of aromatic carboxylic acids is 1. The first-order valence-electron chi connectivity index (χ1n) is 5.67. The first-order valence-corrected chi connectivity index (χ1v) is 7.16. The maximum atomic E-state index is 12.3. The first kappa shape index (κ1) is 14.1. The van der Waals surface area contributed by atoms with E-state index >= 15 is 0 Å². The van der Waals surface area contributed by atoms with Crippen LogP contribution in [0.5, 0.6) is 0 Å². The van der Waals surface area contributed by atoms with Gasteiger partial charge in [-0.25, -0.2) is 13.2 Å². The first-order chi connectivity index (χ1) is 9.31. The highest BCUT2D eigenvalue weighted by molar-refractivity contribution is 7.92. The van der Waals surface area contributed by atoms with Gasteiger partial charge in [-0.15, -0.1) is 0 Å². The molecule has 0 fully saturated rings. The van der Waals surface area contributed by atoms with Gasteiger partial charge >= 0.3 is 5.97 Å². The fourth-order valence-corrected chi connectivity index (χ4v) is 3.16. The molecule has 8 heteroatoms. The quantitative estimate of drug-likeness (QED) is 0.791. The summed E-state index contributed by atoms with van der Waals surface area (Å²) in [5, 5.41) is 15.2. The number of nitrogens with zero attached hydrogens (tertiary/aromatic N) is 1. The molecule has 0 unspecified atom stereocenters. The molecule has 1 aromatic carbocycles. The number of H-pyrrole nitrogens is 1. The minimum Gasteiger partial charge on any atom is -0.478 e. The Morgan fingerprint density at radius 3 is 2.55 bits per heavy atom. The van der Waals surface area contributed by atoms with Crippen molar-refractivity contribution in [3.63, 3.8) is 0 Å². The Morgan fingerprint density at radius 2 is 2.00 bits per heavy atom. The van der Waals surface area contributed by atoms with E-state index in [9.17, 15) is 13.2 Å². The van der Waals surface area contributed by atoms with Gasteiger partial charge in [0.05, 0.1) is 22.3 Å². The van der Waals surface area contributed by atoms with E-state index in [2.05, 4.69) is 14.9 Å². The Kier molecular flexibility index (Phi) is 3.49. The molecule has 106 valence electrons. The fourth-order valence-electron chi connectivity index (χ4n) is 1.87. The average Bonchev–Trinajstić information content (AvgIpc) is 2.79. The zero-order valence-electron chi connectivity index (χ0n) is 10.8. The van der Waals surface area contributed by atoms with Crippen molar-refractivity contribution >= 4 is 21.7 Å². The van der Waals surface area contributed by atoms with Crippen LogP contribution in [0.3, 0.4) is 0 Å². The molecule has 0 saturated heterocycles. The van der Waals surface area contributed by atoms with Gasteiger partial charge in [-0.2, -0.15) is 5.10 Å². The largest absolute Gasteiger partial charge is 0.478 e. The summed E-state index contributed by atoms with van der Waals surface area (Å²) in [6.07, 6.45) is 2.71. The van der Waals surface area contributed by atoms with E-state index in [0.717, 1.165) is 6.07 Å². The maximum Gasteiger partial charge on any atom is 0.335 e. The Balaban J connectivity index is 2.51. The SMILES string of the molecule is Cc1cc(C)c(S(=O)(=O)Nc2cn[nH]c2)cc1C(=O)O. The van der Waals surface area contributed by atoms with Gasteiger partial charge < -0.3 is 5.11 Å². The topological polar surface area (TPSA) is 112 Å². The van der Waals surface area contributed by atoms with E-state index in [1.54, 1.807) is 13.8 Å². The average molecular weight is 295 g/mol. The van der Waals surface area contributed by atoms with Crippen molar-refractivity contribution < 1.29 is 18.3 Å². The van der Waals surface area contributed by atoms with Crippen LogP contribution in [0.2, 0.25) is 0 Å². The third-order valence-electron chi connectivity index (χ3n) is 2.79. The van der Waals surface area contributed by atoms with E-state index in [4.69, 9.17) is 5.11 Å². The minimum absolute atomic E-state index is 0.0387. The van der Waals surface area contributed by atoms with Crippen LogP contribution in [0.1, 0.15) is 21.5 Å². The van der Waals surface area contributed by atoms with E-state index in [0.29, 0.717) is 11.1 Å². The Hall–Kier alpha value is -2.35. The van der Waals surface area contributed by atoms with Crippen molar-refractivity contribution in [2.45, 2.75) is 18.7 Å². The summed E-state index contributed by atoms with van der Waals surface area (Å²) >= 11 is 0. The second kappa shape index (κ2) is 4.97. The summed E-state index contributed by atoms with van der Waals surface area (Å²) in [6, 6.07) is 2.70. The van der Waals surface area contributed by atoms with E-state index in [1.807, 2.05) is 0 Å². The van der Waals surface area contributed by atoms with Gasteiger partial charge in [0.1, 0.15) is 0 Å². The normalized spacial score (nSPS) is 11.3. The summed E-state index contributed by atoms with van der Waals surface area (Å²) in [5.41, 5.74) is 1.23. The van der Waals surface area contributed by atoms with Crippen molar-refractivity contribution in [1.82, 2.24) is 10.2 Å². The van der Waals surface area contributed by atoms with Crippen LogP contribution in [0, 0.1) is 13.8 Å².